The lowest BCUT2D eigenvalue weighted by Crippen LogP contribution is -1.99. The van der Waals surface area contributed by atoms with Gasteiger partial charge >= 0.3 is 0 Å². The summed E-state index contributed by atoms with van der Waals surface area (Å²) in [7, 11) is 0. The van der Waals surface area contributed by atoms with E-state index in [9.17, 15) is 0 Å². The first-order valence-corrected chi connectivity index (χ1v) is 7.29. The molecule has 0 saturated heterocycles. The van der Waals surface area contributed by atoms with Crippen LogP contribution in [0, 0.1) is 5.92 Å². The molecule has 0 spiro atoms. The van der Waals surface area contributed by atoms with Gasteiger partial charge in [-0.2, -0.15) is 16.1 Å². The van der Waals surface area contributed by atoms with Crippen molar-refractivity contribution in [3.05, 3.63) is 5.82 Å². The number of nitrogens with zero attached hydrogens (tertiary/aromatic N) is 2. The van der Waals surface area contributed by atoms with Crippen molar-refractivity contribution in [1.29, 1.82) is 0 Å². The average molecular weight is 245 g/mol. The van der Waals surface area contributed by atoms with Crippen molar-refractivity contribution >= 4 is 28.4 Å². The molecule has 15 heavy (non-hydrogen) atoms. The third-order valence-electron chi connectivity index (χ3n) is 1.68. The maximum Gasteiger partial charge on any atom is 0.202 e. The molecule has 0 bridgehead atoms. The van der Waals surface area contributed by atoms with Gasteiger partial charge in [0.1, 0.15) is 0 Å². The van der Waals surface area contributed by atoms with Gasteiger partial charge < -0.3 is 5.32 Å². The highest BCUT2D eigenvalue weighted by molar-refractivity contribution is 7.98. The zero-order valence-electron chi connectivity index (χ0n) is 9.62. The van der Waals surface area contributed by atoms with Crippen LogP contribution in [-0.4, -0.2) is 21.7 Å². The molecule has 1 rings (SSSR count). The molecule has 0 radical (unpaired) electrons. The van der Waals surface area contributed by atoms with E-state index in [1.807, 2.05) is 11.8 Å². The quantitative estimate of drug-likeness (QED) is 0.800. The van der Waals surface area contributed by atoms with Crippen molar-refractivity contribution in [2.75, 3.05) is 17.6 Å². The Hall–Kier alpha value is -0.290. The molecule has 3 nitrogen and oxygen atoms in total. The molecular formula is C10H19N3S2. The summed E-state index contributed by atoms with van der Waals surface area (Å²) < 4.78 is 4.31. The second-order valence-corrected chi connectivity index (χ2v) is 5.63. The molecule has 0 amide bonds. The van der Waals surface area contributed by atoms with Crippen molar-refractivity contribution in [3.8, 4) is 0 Å². The van der Waals surface area contributed by atoms with Crippen molar-refractivity contribution in [2.24, 2.45) is 5.92 Å². The number of thioether (sulfide) groups is 1. The third kappa shape index (κ3) is 5.37. The lowest BCUT2D eigenvalue weighted by molar-refractivity contribution is 0.750. The summed E-state index contributed by atoms with van der Waals surface area (Å²) >= 11 is 3.37. The van der Waals surface area contributed by atoms with E-state index in [1.54, 1.807) is 0 Å². The highest BCUT2D eigenvalue weighted by Crippen LogP contribution is 2.17. The second-order valence-electron chi connectivity index (χ2n) is 3.85. The first-order valence-electron chi connectivity index (χ1n) is 5.36. The zero-order valence-corrected chi connectivity index (χ0v) is 11.2. The third-order valence-corrected chi connectivity index (χ3v) is 3.75. The molecule has 1 N–H and O–H groups in total. The molecule has 0 aliphatic carbocycles. The van der Waals surface area contributed by atoms with Crippen LogP contribution in [0.5, 0.6) is 0 Å². The van der Waals surface area contributed by atoms with E-state index in [2.05, 4.69) is 35.4 Å². The molecule has 1 heterocycles. The molecular weight excluding hydrogens is 226 g/mol. The number of aromatic nitrogens is 2. The number of anilines is 1. The predicted octanol–water partition coefficient (Wildman–Crippen LogP) is 3.25. The molecule has 0 unspecified atom stereocenters. The Kier molecular flexibility index (Phi) is 6.02. The summed E-state index contributed by atoms with van der Waals surface area (Å²) in [5, 5.41) is 4.21. The number of hydrogen-bond donors (Lipinski definition) is 1. The van der Waals surface area contributed by atoms with E-state index in [1.165, 1.54) is 17.3 Å². The van der Waals surface area contributed by atoms with Gasteiger partial charge in [0.15, 0.2) is 5.82 Å². The van der Waals surface area contributed by atoms with E-state index in [0.29, 0.717) is 0 Å². The summed E-state index contributed by atoms with van der Waals surface area (Å²) in [6.45, 7) is 7.59. The summed E-state index contributed by atoms with van der Waals surface area (Å²) in [4.78, 5) is 4.42. The smallest absolute Gasteiger partial charge is 0.202 e. The summed E-state index contributed by atoms with van der Waals surface area (Å²) in [5.74, 6) is 3.81. The summed E-state index contributed by atoms with van der Waals surface area (Å²) in [6, 6.07) is 0. The molecule has 0 aliphatic heterocycles. The van der Waals surface area contributed by atoms with Crippen LogP contribution in [-0.2, 0) is 5.75 Å². The van der Waals surface area contributed by atoms with Gasteiger partial charge in [0.25, 0.3) is 0 Å². The molecule has 0 fully saturated rings. The lowest BCUT2D eigenvalue weighted by Gasteiger charge is -2.01. The van der Waals surface area contributed by atoms with Gasteiger partial charge in [0, 0.05) is 18.1 Å². The molecule has 0 atom stereocenters. The van der Waals surface area contributed by atoms with Crippen LogP contribution >= 0.6 is 23.3 Å². The standard InChI is InChI=1S/C10H19N3S2/c1-4-5-11-10-12-9(13-15-10)7-14-6-8(2)3/h8H,4-7H2,1-3H3,(H,11,12,13). The SMILES string of the molecule is CCCNc1nc(CSCC(C)C)ns1. The molecule has 1 aromatic rings. The van der Waals surface area contributed by atoms with Gasteiger partial charge in [-0.3, -0.25) is 0 Å². The molecule has 0 saturated carbocycles. The Morgan fingerprint density at radius 3 is 2.93 bits per heavy atom. The fourth-order valence-corrected chi connectivity index (χ4v) is 2.59. The Labute approximate surface area is 100 Å². The Morgan fingerprint density at radius 1 is 1.47 bits per heavy atom. The number of nitrogens with one attached hydrogen (secondary N) is 1. The lowest BCUT2D eigenvalue weighted by atomic mass is 10.3. The van der Waals surface area contributed by atoms with Gasteiger partial charge in [-0.05, 0) is 18.1 Å². The Balaban J connectivity index is 2.26. The Morgan fingerprint density at radius 2 is 2.27 bits per heavy atom. The van der Waals surface area contributed by atoms with E-state index in [-0.39, 0.29) is 0 Å². The molecule has 5 heteroatoms. The van der Waals surface area contributed by atoms with Gasteiger partial charge in [-0.1, -0.05) is 20.8 Å². The van der Waals surface area contributed by atoms with E-state index < -0.39 is 0 Å². The minimum absolute atomic E-state index is 0.742. The minimum atomic E-state index is 0.742. The van der Waals surface area contributed by atoms with Gasteiger partial charge in [0.2, 0.25) is 5.13 Å². The molecule has 0 aromatic carbocycles. The van der Waals surface area contributed by atoms with Crippen molar-refractivity contribution in [3.63, 3.8) is 0 Å². The summed E-state index contributed by atoms with van der Waals surface area (Å²) in [6.07, 6.45) is 1.12. The van der Waals surface area contributed by atoms with Crippen LogP contribution in [0.25, 0.3) is 0 Å². The molecule has 86 valence electrons. The van der Waals surface area contributed by atoms with Crippen LogP contribution in [0.3, 0.4) is 0 Å². The van der Waals surface area contributed by atoms with E-state index >= 15 is 0 Å². The number of hydrogen-bond acceptors (Lipinski definition) is 5. The normalized spacial score (nSPS) is 10.9. The minimum Gasteiger partial charge on any atom is -0.360 e. The topological polar surface area (TPSA) is 37.8 Å². The highest BCUT2D eigenvalue weighted by Gasteiger charge is 2.03. The van der Waals surface area contributed by atoms with E-state index in [0.717, 1.165) is 35.6 Å². The maximum atomic E-state index is 4.42. The average Bonchev–Trinajstić information content (AvgIpc) is 2.62. The van der Waals surface area contributed by atoms with Crippen LogP contribution in [0.2, 0.25) is 0 Å². The maximum absolute atomic E-state index is 4.42. The largest absolute Gasteiger partial charge is 0.360 e. The fraction of sp³-hybridized carbons (Fsp3) is 0.800. The van der Waals surface area contributed by atoms with Crippen molar-refractivity contribution in [2.45, 2.75) is 32.9 Å². The van der Waals surface area contributed by atoms with E-state index in [4.69, 9.17) is 0 Å². The molecule has 0 aliphatic rings. The predicted molar refractivity (Wildman–Crippen MR) is 69.7 cm³/mol. The van der Waals surface area contributed by atoms with Crippen LogP contribution in [0.4, 0.5) is 5.13 Å². The van der Waals surface area contributed by atoms with Crippen LogP contribution < -0.4 is 5.32 Å². The molecule has 1 aromatic heterocycles. The van der Waals surface area contributed by atoms with Gasteiger partial charge in [-0.15, -0.1) is 0 Å². The number of rotatable bonds is 7. The van der Waals surface area contributed by atoms with Gasteiger partial charge in [0.05, 0.1) is 5.75 Å². The van der Waals surface area contributed by atoms with Gasteiger partial charge in [-0.25, -0.2) is 4.98 Å². The highest BCUT2D eigenvalue weighted by atomic mass is 32.2. The zero-order chi connectivity index (χ0) is 11.1. The Bertz CT molecular complexity index is 273. The van der Waals surface area contributed by atoms with Crippen molar-refractivity contribution in [1.82, 2.24) is 9.36 Å². The second kappa shape index (κ2) is 7.06. The van der Waals surface area contributed by atoms with Crippen LogP contribution in [0.1, 0.15) is 33.0 Å². The first kappa shape index (κ1) is 12.8. The fourth-order valence-electron chi connectivity index (χ4n) is 1.00. The van der Waals surface area contributed by atoms with Crippen LogP contribution in [0.15, 0.2) is 0 Å². The summed E-state index contributed by atoms with van der Waals surface area (Å²) in [5.41, 5.74) is 0. The van der Waals surface area contributed by atoms with Crippen molar-refractivity contribution < 1.29 is 0 Å². The first-order chi connectivity index (χ1) is 7.22. The monoisotopic (exact) mass is 245 g/mol.